The van der Waals surface area contributed by atoms with Gasteiger partial charge in [-0.25, -0.2) is 17.2 Å². The zero-order valence-electron chi connectivity index (χ0n) is 11.8. The van der Waals surface area contributed by atoms with Crippen molar-refractivity contribution in [2.24, 2.45) is 11.8 Å². The van der Waals surface area contributed by atoms with Gasteiger partial charge in [0.1, 0.15) is 11.6 Å². The summed E-state index contributed by atoms with van der Waals surface area (Å²) in [6.07, 6.45) is 5.27. The van der Waals surface area contributed by atoms with E-state index in [1.807, 2.05) is 0 Å². The number of rotatable bonds is 2. The van der Waals surface area contributed by atoms with Crippen LogP contribution in [0.1, 0.15) is 32.1 Å². The largest absolute Gasteiger partial charge is 0.248 e. The van der Waals surface area contributed by atoms with Crippen LogP contribution in [0.25, 0.3) is 0 Å². The van der Waals surface area contributed by atoms with E-state index in [9.17, 15) is 17.2 Å². The first-order chi connectivity index (χ1) is 10.00. The predicted molar refractivity (Wildman–Crippen MR) is 75.2 cm³/mol. The van der Waals surface area contributed by atoms with Gasteiger partial charge in [0.25, 0.3) is 0 Å². The molecule has 0 N–H and O–H groups in total. The first-order valence-corrected chi connectivity index (χ1v) is 8.88. The molecule has 0 bridgehead atoms. The van der Waals surface area contributed by atoms with Crippen molar-refractivity contribution < 1.29 is 17.2 Å². The number of fused-ring (bicyclic) bond motifs is 1. The third kappa shape index (κ3) is 2.71. The Morgan fingerprint density at radius 1 is 1.00 bits per heavy atom. The SMILES string of the molecule is O=S(=O)(c1c(F)cccc1F)N1CC[C@@H]2CCCC[C@@H]2C1. The Balaban J connectivity index is 1.89. The van der Waals surface area contributed by atoms with Gasteiger partial charge in [0, 0.05) is 13.1 Å². The van der Waals surface area contributed by atoms with Crippen LogP contribution >= 0.6 is 0 Å². The molecule has 2 atom stereocenters. The molecule has 1 aromatic carbocycles. The summed E-state index contributed by atoms with van der Waals surface area (Å²) < 4.78 is 53.9. The van der Waals surface area contributed by atoms with Crippen molar-refractivity contribution in [2.45, 2.75) is 37.0 Å². The molecule has 116 valence electrons. The topological polar surface area (TPSA) is 37.4 Å². The molecule has 1 saturated heterocycles. The highest BCUT2D eigenvalue weighted by Crippen LogP contribution is 2.38. The van der Waals surface area contributed by atoms with Crippen molar-refractivity contribution >= 4 is 10.0 Å². The fraction of sp³-hybridized carbons (Fsp3) is 0.600. The van der Waals surface area contributed by atoms with Crippen LogP contribution in [-0.2, 0) is 10.0 Å². The van der Waals surface area contributed by atoms with Gasteiger partial charge in [-0.2, -0.15) is 4.31 Å². The molecule has 21 heavy (non-hydrogen) atoms. The molecule has 2 fully saturated rings. The number of piperidine rings is 1. The van der Waals surface area contributed by atoms with E-state index in [-0.39, 0.29) is 0 Å². The second kappa shape index (κ2) is 5.65. The average Bonchev–Trinajstić information content (AvgIpc) is 2.46. The molecule has 3 nitrogen and oxygen atoms in total. The van der Waals surface area contributed by atoms with Gasteiger partial charge in [-0.3, -0.25) is 0 Å². The van der Waals surface area contributed by atoms with Crippen molar-refractivity contribution in [3.8, 4) is 0 Å². The third-order valence-electron chi connectivity index (χ3n) is 4.77. The lowest BCUT2D eigenvalue weighted by atomic mass is 9.76. The molecule has 0 unspecified atom stereocenters. The minimum atomic E-state index is -4.09. The normalized spacial score (nSPS) is 27.3. The van der Waals surface area contributed by atoms with Crippen molar-refractivity contribution in [3.63, 3.8) is 0 Å². The summed E-state index contributed by atoms with van der Waals surface area (Å²) in [5.74, 6) is -1.13. The van der Waals surface area contributed by atoms with Crippen molar-refractivity contribution in [1.82, 2.24) is 4.31 Å². The van der Waals surface area contributed by atoms with E-state index in [1.54, 1.807) is 0 Å². The lowest BCUT2D eigenvalue weighted by Crippen LogP contribution is -2.45. The summed E-state index contributed by atoms with van der Waals surface area (Å²) in [7, 11) is -4.09. The van der Waals surface area contributed by atoms with Crippen molar-refractivity contribution in [3.05, 3.63) is 29.8 Å². The van der Waals surface area contributed by atoms with Gasteiger partial charge >= 0.3 is 0 Å². The molecule has 0 aromatic heterocycles. The summed E-state index contributed by atoms with van der Waals surface area (Å²) >= 11 is 0. The van der Waals surface area contributed by atoms with Gasteiger partial charge < -0.3 is 0 Å². The smallest absolute Gasteiger partial charge is 0.207 e. The second-order valence-corrected chi connectivity index (χ2v) is 7.88. The van der Waals surface area contributed by atoms with Gasteiger partial charge in [-0.1, -0.05) is 25.3 Å². The highest BCUT2D eigenvalue weighted by molar-refractivity contribution is 7.89. The third-order valence-corrected chi connectivity index (χ3v) is 6.69. The molecule has 1 saturated carbocycles. The standard InChI is InChI=1S/C15H19F2NO2S/c16-13-6-3-7-14(17)15(13)21(19,20)18-9-8-11-4-1-2-5-12(11)10-18/h3,6-7,11-12H,1-2,4-5,8-10H2/t11-,12+/m0/s1. The van der Waals surface area contributed by atoms with E-state index in [0.29, 0.717) is 24.9 Å². The fourth-order valence-electron chi connectivity index (χ4n) is 3.64. The maximum atomic E-state index is 13.8. The molecule has 3 rings (SSSR count). The van der Waals surface area contributed by atoms with E-state index in [4.69, 9.17) is 0 Å². The molecule has 1 aliphatic heterocycles. The van der Waals surface area contributed by atoms with Gasteiger partial charge in [-0.05, 0) is 36.8 Å². The van der Waals surface area contributed by atoms with E-state index in [2.05, 4.69) is 0 Å². The van der Waals surface area contributed by atoms with E-state index < -0.39 is 26.6 Å². The minimum Gasteiger partial charge on any atom is -0.207 e. The Labute approximate surface area is 124 Å². The Bertz CT molecular complexity index is 612. The zero-order valence-corrected chi connectivity index (χ0v) is 12.6. The summed E-state index contributed by atoms with van der Waals surface area (Å²) in [6.45, 7) is 0.748. The quantitative estimate of drug-likeness (QED) is 0.840. The Kier molecular flexibility index (Phi) is 4.01. The molecule has 6 heteroatoms. The van der Waals surface area contributed by atoms with Gasteiger partial charge in [0.2, 0.25) is 10.0 Å². The van der Waals surface area contributed by atoms with E-state index in [0.717, 1.165) is 37.8 Å². The highest BCUT2D eigenvalue weighted by atomic mass is 32.2. The van der Waals surface area contributed by atoms with Crippen molar-refractivity contribution in [2.75, 3.05) is 13.1 Å². The number of hydrogen-bond acceptors (Lipinski definition) is 2. The van der Waals surface area contributed by atoms with Crippen molar-refractivity contribution in [1.29, 1.82) is 0 Å². The van der Waals surface area contributed by atoms with Crippen LogP contribution < -0.4 is 0 Å². The Morgan fingerprint density at radius 2 is 1.62 bits per heavy atom. The highest BCUT2D eigenvalue weighted by Gasteiger charge is 2.38. The molecule has 0 radical (unpaired) electrons. The van der Waals surface area contributed by atoms with E-state index in [1.165, 1.54) is 16.8 Å². The second-order valence-electron chi connectivity index (χ2n) is 6.01. The number of hydrogen-bond donors (Lipinski definition) is 0. The molecule has 0 amide bonds. The first kappa shape index (κ1) is 14.9. The van der Waals surface area contributed by atoms with E-state index >= 15 is 0 Å². The fourth-order valence-corrected chi connectivity index (χ4v) is 5.26. The molecule has 2 aliphatic rings. The average molecular weight is 315 g/mol. The predicted octanol–water partition coefficient (Wildman–Crippen LogP) is 3.17. The van der Waals surface area contributed by atoms with Gasteiger partial charge in [0.15, 0.2) is 4.90 Å². The first-order valence-electron chi connectivity index (χ1n) is 7.44. The van der Waals surface area contributed by atoms with Crippen LogP contribution in [-0.4, -0.2) is 25.8 Å². The van der Waals surface area contributed by atoms with Crippen LogP contribution in [0.4, 0.5) is 8.78 Å². The number of nitrogens with zero attached hydrogens (tertiary/aromatic N) is 1. The minimum absolute atomic E-state index is 0.331. The van der Waals surface area contributed by atoms with Crippen LogP contribution in [0.3, 0.4) is 0 Å². The molecular weight excluding hydrogens is 296 g/mol. The van der Waals surface area contributed by atoms with Gasteiger partial charge in [0.05, 0.1) is 0 Å². The summed E-state index contributed by atoms with van der Waals surface area (Å²) in [4.78, 5) is -0.806. The summed E-state index contributed by atoms with van der Waals surface area (Å²) in [5.41, 5.74) is 0. The number of sulfonamides is 1. The maximum Gasteiger partial charge on any atom is 0.248 e. The van der Waals surface area contributed by atoms with Crippen LogP contribution in [0.5, 0.6) is 0 Å². The van der Waals surface area contributed by atoms with Gasteiger partial charge in [-0.15, -0.1) is 0 Å². The van der Waals surface area contributed by atoms with Crippen LogP contribution in [0.15, 0.2) is 23.1 Å². The number of benzene rings is 1. The Morgan fingerprint density at radius 3 is 2.29 bits per heavy atom. The van der Waals surface area contributed by atoms with Crippen LogP contribution in [0, 0.1) is 23.5 Å². The lowest BCUT2D eigenvalue weighted by molar-refractivity contribution is 0.136. The molecular formula is C15H19F2NO2S. The molecule has 1 aromatic rings. The lowest BCUT2D eigenvalue weighted by Gasteiger charge is -2.40. The number of halogens is 2. The summed E-state index contributed by atoms with van der Waals surface area (Å²) in [6, 6.07) is 3.16. The maximum absolute atomic E-state index is 13.8. The molecule has 0 spiro atoms. The van der Waals surface area contributed by atoms with Crippen LogP contribution in [0.2, 0.25) is 0 Å². The molecule has 1 heterocycles. The molecule has 1 aliphatic carbocycles. The zero-order chi connectivity index (χ0) is 15.0. The Hall–Kier alpha value is -1.01. The monoisotopic (exact) mass is 315 g/mol. The summed E-state index contributed by atoms with van der Waals surface area (Å²) in [5, 5.41) is 0.